The first kappa shape index (κ1) is 48.2. The molecule has 0 saturated heterocycles. The molecule has 0 radical (unpaired) electrons. The average molecular weight is 955 g/mol. The molecular weight excluding hydrogens is 885 g/mol. The summed E-state index contributed by atoms with van der Waals surface area (Å²) in [6.07, 6.45) is 18.6. The summed E-state index contributed by atoms with van der Waals surface area (Å²) in [5, 5.41) is 1.31. The minimum atomic E-state index is -0.466. The molecule has 9 aromatic rings. The Bertz CT molecular complexity index is 3320. The van der Waals surface area contributed by atoms with Crippen molar-refractivity contribution in [1.29, 1.82) is 0 Å². The predicted octanol–water partition coefficient (Wildman–Crippen LogP) is 18.8. The fourth-order valence-electron chi connectivity index (χ4n) is 12.6. The highest BCUT2D eigenvalue weighted by Gasteiger charge is 2.44. The largest absolute Gasteiger partial charge is 0.248 e. The number of benzene rings is 7. The molecule has 0 saturated carbocycles. The maximum absolute atomic E-state index is 5.63. The van der Waals surface area contributed by atoms with Gasteiger partial charge in [0.05, 0.1) is 11.2 Å². The summed E-state index contributed by atoms with van der Waals surface area (Å²) in [7, 11) is 0. The summed E-state index contributed by atoms with van der Waals surface area (Å²) in [5.74, 6) is 2.00. The van der Waals surface area contributed by atoms with Crippen LogP contribution in [0.5, 0.6) is 0 Å². The van der Waals surface area contributed by atoms with Crippen LogP contribution in [0.2, 0.25) is 0 Å². The normalized spacial score (nSPS) is 15.0. The molecule has 366 valence electrons. The number of pyridine rings is 1. The Morgan fingerprint density at radius 2 is 0.932 bits per heavy atom. The minimum absolute atomic E-state index is 0.00576. The SMILES string of the molecule is CCCCCCc1cccc(C2(C)c3cc(-c4ccc5c6c(ccc5n4)-c4ccccc4C6(CCCCCC)CCCCCC)ccc3-c3ccc(-c4nc(-c5ccccc5)nc(-c5ccccc5)n4)cc32)c1. The highest BCUT2D eigenvalue weighted by Crippen LogP contribution is 2.57. The first-order valence-electron chi connectivity index (χ1n) is 27.7. The van der Waals surface area contributed by atoms with Crippen molar-refractivity contribution in [2.75, 3.05) is 0 Å². The van der Waals surface area contributed by atoms with E-state index in [0.717, 1.165) is 39.9 Å². The van der Waals surface area contributed by atoms with E-state index < -0.39 is 5.41 Å². The smallest absolute Gasteiger partial charge is 0.164 e. The Hall–Kier alpha value is -7.04. The van der Waals surface area contributed by atoms with Crippen molar-refractivity contribution in [2.45, 2.75) is 135 Å². The van der Waals surface area contributed by atoms with Crippen LogP contribution in [0, 0.1) is 0 Å². The van der Waals surface area contributed by atoms with Crippen LogP contribution in [0.4, 0.5) is 0 Å². The molecule has 0 aliphatic heterocycles. The van der Waals surface area contributed by atoms with Gasteiger partial charge in [0.2, 0.25) is 0 Å². The fourth-order valence-corrected chi connectivity index (χ4v) is 12.6. The van der Waals surface area contributed by atoms with Crippen molar-refractivity contribution in [2.24, 2.45) is 0 Å². The third-order valence-corrected chi connectivity index (χ3v) is 16.5. The Kier molecular flexibility index (Phi) is 14.0. The standard InChI is InChI=1S/C69H70N4/c1-5-8-11-16-26-48-27-25-32-53(45-48)68(4)60-46-51(35-37-55(60)56-38-36-52(47-61(56)68)67-72-65(49-28-17-14-18-29-49)71-66(73-67)50-30-19-15-20-31-50)62-41-40-58-63(70-62)42-39-57-54-33-21-22-34-59(54)69(64(57)58,43-23-12-9-6-2)44-24-13-10-7-3/h14-15,17-22,25,27-42,45-47H,5-13,16,23-24,26,43-44H2,1-4H3. The van der Waals surface area contributed by atoms with Crippen LogP contribution in [-0.4, -0.2) is 19.9 Å². The number of hydrogen-bond donors (Lipinski definition) is 0. The Morgan fingerprint density at radius 3 is 1.58 bits per heavy atom. The highest BCUT2D eigenvalue weighted by molar-refractivity contribution is 5.97. The van der Waals surface area contributed by atoms with Gasteiger partial charge in [0.25, 0.3) is 0 Å². The lowest BCUT2D eigenvalue weighted by Crippen LogP contribution is -2.26. The van der Waals surface area contributed by atoms with Gasteiger partial charge in [-0.25, -0.2) is 19.9 Å². The highest BCUT2D eigenvalue weighted by atomic mass is 15.0. The second kappa shape index (κ2) is 21.2. The Balaban J connectivity index is 1.03. The van der Waals surface area contributed by atoms with Crippen LogP contribution in [0.1, 0.15) is 151 Å². The topological polar surface area (TPSA) is 51.6 Å². The van der Waals surface area contributed by atoms with Crippen LogP contribution >= 0.6 is 0 Å². The second-order valence-electron chi connectivity index (χ2n) is 21.2. The summed E-state index contributed by atoms with van der Waals surface area (Å²) < 4.78 is 0. The molecule has 1 unspecified atom stereocenters. The van der Waals surface area contributed by atoms with Crippen molar-refractivity contribution >= 4 is 10.9 Å². The molecule has 73 heavy (non-hydrogen) atoms. The monoisotopic (exact) mass is 955 g/mol. The number of aromatic nitrogens is 4. The molecule has 0 bridgehead atoms. The van der Waals surface area contributed by atoms with E-state index >= 15 is 0 Å². The van der Waals surface area contributed by atoms with E-state index in [2.05, 4.69) is 161 Å². The average Bonchev–Trinajstić information content (AvgIpc) is 3.88. The van der Waals surface area contributed by atoms with Crippen molar-refractivity contribution in [3.63, 3.8) is 0 Å². The number of aryl methyl sites for hydroxylation is 1. The lowest BCUT2D eigenvalue weighted by Gasteiger charge is -2.33. The summed E-state index contributed by atoms with van der Waals surface area (Å²) in [4.78, 5) is 21.0. The van der Waals surface area contributed by atoms with Gasteiger partial charge >= 0.3 is 0 Å². The zero-order valence-corrected chi connectivity index (χ0v) is 43.6. The van der Waals surface area contributed by atoms with Crippen molar-refractivity contribution in [1.82, 2.24) is 19.9 Å². The molecule has 0 N–H and O–H groups in total. The van der Waals surface area contributed by atoms with Crippen LogP contribution in [0.15, 0.2) is 170 Å². The Morgan fingerprint density at radius 1 is 0.384 bits per heavy atom. The third kappa shape index (κ3) is 9.13. The number of fused-ring (bicyclic) bond motifs is 8. The van der Waals surface area contributed by atoms with Crippen LogP contribution in [0.3, 0.4) is 0 Å². The van der Waals surface area contributed by atoms with E-state index in [-0.39, 0.29) is 5.41 Å². The van der Waals surface area contributed by atoms with Crippen LogP contribution in [0.25, 0.3) is 78.6 Å². The van der Waals surface area contributed by atoms with Gasteiger partial charge in [-0.1, -0.05) is 237 Å². The summed E-state index contributed by atoms with van der Waals surface area (Å²) >= 11 is 0. The van der Waals surface area contributed by atoms with E-state index in [4.69, 9.17) is 19.9 Å². The minimum Gasteiger partial charge on any atom is -0.248 e. The number of nitrogens with zero attached hydrogens (tertiary/aromatic N) is 4. The van der Waals surface area contributed by atoms with E-state index in [9.17, 15) is 0 Å². The molecule has 2 aromatic heterocycles. The lowest BCUT2D eigenvalue weighted by atomic mass is 9.69. The molecule has 0 fully saturated rings. The van der Waals surface area contributed by atoms with Gasteiger partial charge in [-0.05, 0) is 113 Å². The maximum atomic E-state index is 5.63. The molecule has 2 heterocycles. The van der Waals surface area contributed by atoms with Crippen LogP contribution < -0.4 is 0 Å². The predicted molar refractivity (Wildman–Crippen MR) is 306 cm³/mol. The summed E-state index contributed by atoms with van der Waals surface area (Å²) in [5.41, 5.74) is 19.3. The van der Waals surface area contributed by atoms with E-state index in [0.29, 0.717) is 17.5 Å². The van der Waals surface area contributed by atoms with Gasteiger partial charge in [0, 0.05) is 38.5 Å². The molecular formula is C69H70N4. The van der Waals surface area contributed by atoms with E-state index in [1.165, 1.54) is 151 Å². The Labute approximate surface area is 434 Å². The van der Waals surface area contributed by atoms with E-state index in [1.54, 1.807) is 0 Å². The molecule has 11 rings (SSSR count). The van der Waals surface area contributed by atoms with Gasteiger partial charge in [0.1, 0.15) is 0 Å². The van der Waals surface area contributed by atoms with Crippen LogP contribution in [-0.2, 0) is 17.3 Å². The number of unbranched alkanes of at least 4 members (excludes halogenated alkanes) is 9. The second-order valence-corrected chi connectivity index (χ2v) is 21.2. The van der Waals surface area contributed by atoms with Crippen molar-refractivity contribution in [3.8, 4) is 67.7 Å². The number of hydrogen-bond acceptors (Lipinski definition) is 4. The van der Waals surface area contributed by atoms with Gasteiger partial charge in [-0.3, -0.25) is 0 Å². The summed E-state index contributed by atoms with van der Waals surface area (Å²) in [6, 6.07) is 62.7. The molecule has 7 aromatic carbocycles. The molecule has 0 spiro atoms. The van der Waals surface area contributed by atoms with Gasteiger partial charge in [-0.2, -0.15) is 0 Å². The molecule has 1 atom stereocenters. The molecule has 0 amide bonds. The third-order valence-electron chi connectivity index (χ3n) is 16.5. The fraction of sp³-hybridized carbons (Fsp3) is 0.304. The van der Waals surface area contributed by atoms with Crippen molar-refractivity contribution < 1.29 is 0 Å². The summed E-state index contributed by atoms with van der Waals surface area (Å²) in [6.45, 7) is 9.37. The van der Waals surface area contributed by atoms with E-state index in [1.807, 2.05) is 36.4 Å². The number of rotatable bonds is 20. The lowest BCUT2D eigenvalue weighted by molar-refractivity contribution is 0.403. The zero-order chi connectivity index (χ0) is 49.8. The molecule has 4 heteroatoms. The van der Waals surface area contributed by atoms with Gasteiger partial charge < -0.3 is 0 Å². The maximum Gasteiger partial charge on any atom is 0.164 e. The molecule has 2 aliphatic rings. The zero-order valence-electron chi connectivity index (χ0n) is 43.6. The molecule has 4 nitrogen and oxygen atoms in total. The van der Waals surface area contributed by atoms with Gasteiger partial charge in [0.15, 0.2) is 17.5 Å². The quantitative estimate of drug-likeness (QED) is 0.0714. The first-order chi connectivity index (χ1) is 35.9. The van der Waals surface area contributed by atoms with Gasteiger partial charge in [-0.15, -0.1) is 0 Å². The van der Waals surface area contributed by atoms with Crippen molar-refractivity contribution in [3.05, 3.63) is 203 Å². The first-order valence-corrected chi connectivity index (χ1v) is 27.7. The molecule has 2 aliphatic carbocycles.